The number of benzene rings is 2. The summed E-state index contributed by atoms with van der Waals surface area (Å²) in [4.78, 5) is 32.9. The number of hydrogen-bond donors (Lipinski definition) is 0. The van der Waals surface area contributed by atoms with E-state index in [-0.39, 0.29) is 72.8 Å². The first-order valence-corrected chi connectivity index (χ1v) is 13.6. The van der Waals surface area contributed by atoms with Crippen molar-refractivity contribution >= 4 is 34.4 Å². The van der Waals surface area contributed by atoms with Crippen LogP contribution in [0.1, 0.15) is 5.56 Å². The Hall–Kier alpha value is -3.49. The first-order valence-electron chi connectivity index (χ1n) is 12.6. The Balaban J connectivity index is 1.78. The molecule has 2 aromatic carbocycles. The van der Waals surface area contributed by atoms with Crippen LogP contribution in [0.4, 0.5) is 27.8 Å². The average molecular weight is 597 g/mol. The number of carbonyl (C=O) groups is 1. The molecule has 0 unspecified atom stereocenters. The van der Waals surface area contributed by atoms with E-state index in [0.717, 1.165) is 30.0 Å². The predicted molar refractivity (Wildman–Crippen MR) is 143 cm³/mol. The molecule has 3 aromatic rings. The molecule has 1 fully saturated rings. The fourth-order valence-corrected chi connectivity index (χ4v) is 6.37. The summed E-state index contributed by atoms with van der Waals surface area (Å²) >= 11 is 0.986. The molecule has 1 amide bonds. The minimum atomic E-state index is -4.94. The highest BCUT2D eigenvalue weighted by Crippen LogP contribution is 2.48. The number of piperazine rings is 1. The van der Waals surface area contributed by atoms with Crippen molar-refractivity contribution in [2.45, 2.75) is 23.7 Å². The molecule has 41 heavy (non-hydrogen) atoms. The normalized spacial score (nSPS) is 17.6. The van der Waals surface area contributed by atoms with E-state index >= 15 is 4.39 Å². The lowest BCUT2D eigenvalue weighted by atomic mass is 9.95. The number of ether oxygens (including phenoxy) is 2. The highest BCUT2D eigenvalue weighted by Gasteiger charge is 2.39. The number of rotatable bonds is 6. The molecular formula is C27H25F5N4O4S. The second-order valence-corrected chi connectivity index (χ2v) is 10.5. The Morgan fingerprint density at radius 1 is 1.20 bits per heavy atom. The molecule has 0 bridgehead atoms. The molecule has 5 rings (SSSR count). The van der Waals surface area contributed by atoms with Crippen LogP contribution >= 0.6 is 11.8 Å². The number of hydrogen-bond acceptors (Lipinski definition) is 7. The molecular weight excluding hydrogens is 571 g/mol. The van der Waals surface area contributed by atoms with Crippen LogP contribution in [-0.2, 0) is 27.0 Å². The van der Waals surface area contributed by atoms with Gasteiger partial charge in [-0.2, -0.15) is 18.2 Å². The molecule has 2 aliphatic heterocycles. The van der Waals surface area contributed by atoms with E-state index < -0.39 is 46.3 Å². The molecule has 218 valence electrons. The molecule has 0 radical (unpaired) electrons. The number of anilines is 1. The Morgan fingerprint density at radius 3 is 2.56 bits per heavy atom. The SMILES string of the molecule is C=CC(=O)N1CCN(c2nc(=O)n3c4c(c(-c5ccc(F)cc5F)c(C(F)(F)F)cc24)SC[C@H](OCOC)C3)CC1. The van der Waals surface area contributed by atoms with Gasteiger partial charge in [0.05, 0.1) is 23.7 Å². The van der Waals surface area contributed by atoms with Crippen LogP contribution in [0, 0.1) is 11.6 Å². The molecule has 0 spiro atoms. The van der Waals surface area contributed by atoms with Crippen molar-refractivity contribution in [3.63, 3.8) is 0 Å². The Labute approximate surface area is 235 Å². The van der Waals surface area contributed by atoms with E-state index in [9.17, 15) is 27.2 Å². The third kappa shape index (κ3) is 5.55. The molecule has 2 aliphatic rings. The van der Waals surface area contributed by atoms with Gasteiger partial charge in [-0.1, -0.05) is 6.58 Å². The lowest BCUT2D eigenvalue weighted by Gasteiger charge is -2.35. The molecule has 0 saturated carbocycles. The molecule has 8 nitrogen and oxygen atoms in total. The van der Waals surface area contributed by atoms with Gasteiger partial charge in [0.1, 0.15) is 24.2 Å². The zero-order valence-corrected chi connectivity index (χ0v) is 22.7. The van der Waals surface area contributed by atoms with Crippen molar-refractivity contribution in [3.8, 4) is 11.1 Å². The van der Waals surface area contributed by atoms with Crippen molar-refractivity contribution < 1.29 is 36.2 Å². The molecule has 0 N–H and O–H groups in total. The lowest BCUT2D eigenvalue weighted by Crippen LogP contribution is -2.49. The maximum atomic E-state index is 15.1. The van der Waals surface area contributed by atoms with E-state index in [0.29, 0.717) is 6.07 Å². The van der Waals surface area contributed by atoms with E-state index in [1.54, 1.807) is 4.90 Å². The minimum absolute atomic E-state index is 0.00470. The first-order chi connectivity index (χ1) is 19.5. The van der Waals surface area contributed by atoms with Crippen LogP contribution < -0.4 is 10.6 Å². The lowest BCUT2D eigenvalue weighted by molar-refractivity contribution is -0.137. The molecule has 14 heteroatoms. The largest absolute Gasteiger partial charge is 0.417 e. The predicted octanol–water partition coefficient (Wildman–Crippen LogP) is 4.29. The van der Waals surface area contributed by atoms with Crippen LogP contribution in [0.3, 0.4) is 0 Å². The van der Waals surface area contributed by atoms with Crippen LogP contribution in [-0.4, -0.2) is 72.3 Å². The highest BCUT2D eigenvalue weighted by atomic mass is 32.2. The van der Waals surface area contributed by atoms with Crippen molar-refractivity contribution in [3.05, 3.63) is 64.6 Å². The van der Waals surface area contributed by atoms with E-state index in [1.165, 1.54) is 22.7 Å². The highest BCUT2D eigenvalue weighted by molar-refractivity contribution is 7.99. The summed E-state index contributed by atoms with van der Waals surface area (Å²) in [6.45, 7) is 4.23. The monoisotopic (exact) mass is 596 g/mol. The van der Waals surface area contributed by atoms with Gasteiger partial charge in [-0.3, -0.25) is 9.36 Å². The number of amides is 1. The van der Waals surface area contributed by atoms with Crippen molar-refractivity contribution in [1.29, 1.82) is 0 Å². The van der Waals surface area contributed by atoms with Gasteiger partial charge in [0.15, 0.2) is 0 Å². The fourth-order valence-electron chi connectivity index (χ4n) is 5.09. The number of halogens is 5. The first kappa shape index (κ1) is 29.0. The van der Waals surface area contributed by atoms with Gasteiger partial charge in [-0.25, -0.2) is 13.6 Å². The second-order valence-electron chi connectivity index (χ2n) is 9.50. The minimum Gasteiger partial charge on any atom is -0.359 e. The summed E-state index contributed by atoms with van der Waals surface area (Å²) in [5.74, 6) is -2.25. The molecule has 3 heterocycles. The van der Waals surface area contributed by atoms with E-state index in [2.05, 4.69) is 11.6 Å². The Kier molecular flexibility index (Phi) is 8.08. The quantitative estimate of drug-likeness (QED) is 0.239. The van der Waals surface area contributed by atoms with Crippen LogP contribution in [0.2, 0.25) is 0 Å². The maximum Gasteiger partial charge on any atom is 0.417 e. The number of aromatic nitrogens is 2. The molecule has 1 aromatic heterocycles. The van der Waals surface area contributed by atoms with E-state index in [4.69, 9.17) is 9.47 Å². The maximum absolute atomic E-state index is 15.1. The number of methoxy groups -OCH3 is 1. The topological polar surface area (TPSA) is 76.9 Å². The smallest absolute Gasteiger partial charge is 0.359 e. The summed E-state index contributed by atoms with van der Waals surface area (Å²) in [5, 5.41) is 0.0431. The Bertz CT molecular complexity index is 1570. The standard InChI is InChI=1S/C27H25F5N4O4S/c1-3-21(37)34-6-8-35(9-7-34)25-18-11-19(27(30,31)32)22(17-5-4-15(28)10-20(17)29)24-23(18)36(26(38)33-25)12-16(13-41-24)40-14-39-2/h3-5,10-11,16H,1,6-9,12-14H2,2H3/t16-/m1/s1. The van der Waals surface area contributed by atoms with Crippen LogP contribution in [0.25, 0.3) is 22.0 Å². The fraction of sp³-hybridized carbons (Fsp3) is 0.370. The number of nitrogens with zero attached hydrogens (tertiary/aromatic N) is 4. The third-order valence-corrected chi connectivity index (χ3v) is 8.22. The zero-order chi connectivity index (χ0) is 29.5. The van der Waals surface area contributed by atoms with Gasteiger partial charge < -0.3 is 19.3 Å². The van der Waals surface area contributed by atoms with Gasteiger partial charge in [0.2, 0.25) is 5.91 Å². The summed E-state index contributed by atoms with van der Waals surface area (Å²) in [6, 6.07) is 3.24. The van der Waals surface area contributed by atoms with Gasteiger partial charge >= 0.3 is 11.9 Å². The van der Waals surface area contributed by atoms with Crippen molar-refractivity contribution in [2.75, 3.05) is 50.7 Å². The summed E-state index contributed by atoms with van der Waals surface area (Å²) in [7, 11) is 1.41. The zero-order valence-electron chi connectivity index (χ0n) is 21.8. The number of alkyl halides is 3. The van der Waals surface area contributed by atoms with Gasteiger partial charge in [-0.15, -0.1) is 11.8 Å². The van der Waals surface area contributed by atoms with Crippen LogP contribution in [0.5, 0.6) is 0 Å². The summed E-state index contributed by atoms with van der Waals surface area (Å²) in [6.07, 6.45) is -4.40. The molecule has 1 saturated heterocycles. The Morgan fingerprint density at radius 2 is 1.93 bits per heavy atom. The van der Waals surface area contributed by atoms with Crippen molar-refractivity contribution in [2.24, 2.45) is 0 Å². The van der Waals surface area contributed by atoms with Gasteiger partial charge in [0, 0.05) is 66.5 Å². The number of thioether (sulfide) groups is 1. The summed E-state index contributed by atoms with van der Waals surface area (Å²) < 4.78 is 84.8. The summed E-state index contributed by atoms with van der Waals surface area (Å²) in [5.41, 5.74) is -2.68. The molecule has 0 aliphatic carbocycles. The number of carbonyl (C=O) groups excluding carboxylic acids is 1. The molecule has 1 atom stereocenters. The van der Waals surface area contributed by atoms with Crippen LogP contribution in [0.15, 0.2) is 46.6 Å². The van der Waals surface area contributed by atoms with E-state index in [1.807, 2.05) is 0 Å². The van der Waals surface area contributed by atoms with Gasteiger partial charge in [-0.05, 0) is 24.3 Å². The third-order valence-electron chi connectivity index (χ3n) is 6.99. The van der Waals surface area contributed by atoms with Gasteiger partial charge in [0.25, 0.3) is 0 Å². The second kappa shape index (κ2) is 11.4. The van der Waals surface area contributed by atoms with Crippen molar-refractivity contribution in [1.82, 2.24) is 14.5 Å². The average Bonchev–Trinajstić information content (AvgIpc) is 3.14.